The van der Waals surface area contributed by atoms with Crippen LogP contribution < -0.4 is 11.5 Å². The van der Waals surface area contributed by atoms with Crippen molar-refractivity contribution in [2.45, 2.75) is 12.3 Å². The van der Waals surface area contributed by atoms with Crippen molar-refractivity contribution in [1.29, 1.82) is 0 Å². The highest BCUT2D eigenvalue weighted by molar-refractivity contribution is 5.19. The minimum absolute atomic E-state index is 0.254. The minimum Gasteiger partial charge on any atom is -0.365 e. The third-order valence-electron chi connectivity index (χ3n) is 1.81. The summed E-state index contributed by atoms with van der Waals surface area (Å²) in [6, 6.07) is 9.41. The Labute approximate surface area is 72.3 Å². The van der Waals surface area contributed by atoms with Gasteiger partial charge in [-0.05, 0) is 5.56 Å². The lowest BCUT2D eigenvalue weighted by Crippen LogP contribution is -2.35. The zero-order chi connectivity index (χ0) is 8.97. The quantitative estimate of drug-likeness (QED) is 0.647. The fourth-order valence-electron chi connectivity index (χ4n) is 1.01. The number of rotatable bonds is 3. The van der Waals surface area contributed by atoms with Gasteiger partial charge in [0.2, 0.25) is 0 Å². The van der Waals surface area contributed by atoms with E-state index < -0.39 is 6.23 Å². The molecule has 2 unspecified atom stereocenters. The van der Waals surface area contributed by atoms with Crippen molar-refractivity contribution in [3.63, 3.8) is 0 Å². The first-order chi connectivity index (χ1) is 5.75. The standard InChI is InChI=1S/C9H14N2O/c1-12-9(11)8(10)7-5-3-2-4-6-7/h2-6,8-9H,10-11H2,1H3. The summed E-state index contributed by atoms with van der Waals surface area (Å²) < 4.78 is 4.92. The second-order valence-corrected chi connectivity index (χ2v) is 2.64. The molecule has 3 heteroatoms. The van der Waals surface area contributed by atoms with Crippen LogP contribution in [0.5, 0.6) is 0 Å². The molecule has 3 nitrogen and oxygen atoms in total. The van der Waals surface area contributed by atoms with Crippen LogP contribution in [-0.2, 0) is 4.74 Å². The van der Waals surface area contributed by atoms with E-state index in [4.69, 9.17) is 16.2 Å². The van der Waals surface area contributed by atoms with Gasteiger partial charge in [-0.1, -0.05) is 30.3 Å². The maximum atomic E-state index is 5.80. The third kappa shape index (κ3) is 2.04. The molecule has 0 amide bonds. The van der Waals surface area contributed by atoms with Gasteiger partial charge in [0.1, 0.15) is 6.23 Å². The summed E-state index contributed by atoms with van der Waals surface area (Å²) in [6.45, 7) is 0. The van der Waals surface area contributed by atoms with E-state index in [0.717, 1.165) is 5.56 Å². The van der Waals surface area contributed by atoms with Crippen LogP contribution >= 0.6 is 0 Å². The van der Waals surface area contributed by atoms with Crippen molar-refractivity contribution in [3.05, 3.63) is 35.9 Å². The summed E-state index contributed by atoms with van der Waals surface area (Å²) in [4.78, 5) is 0. The molecule has 2 atom stereocenters. The molecule has 1 rings (SSSR count). The van der Waals surface area contributed by atoms with Gasteiger partial charge >= 0.3 is 0 Å². The Morgan fingerprint density at radius 2 is 1.75 bits per heavy atom. The van der Waals surface area contributed by atoms with Gasteiger partial charge in [0.25, 0.3) is 0 Å². The van der Waals surface area contributed by atoms with Crippen LogP contribution in [0.2, 0.25) is 0 Å². The highest BCUT2D eigenvalue weighted by Crippen LogP contribution is 2.11. The molecule has 0 heterocycles. The highest BCUT2D eigenvalue weighted by Gasteiger charge is 2.13. The lowest BCUT2D eigenvalue weighted by molar-refractivity contribution is 0.0857. The zero-order valence-corrected chi connectivity index (χ0v) is 7.10. The van der Waals surface area contributed by atoms with E-state index in [-0.39, 0.29) is 6.04 Å². The molecule has 0 aliphatic heterocycles. The average Bonchev–Trinajstić information content (AvgIpc) is 2.17. The van der Waals surface area contributed by atoms with E-state index in [0.29, 0.717) is 0 Å². The van der Waals surface area contributed by atoms with Crippen LogP contribution in [-0.4, -0.2) is 13.3 Å². The molecule has 0 aliphatic rings. The molecule has 0 fully saturated rings. The average molecular weight is 166 g/mol. The molecule has 12 heavy (non-hydrogen) atoms. The summed E-state index contributed by atoms with van der Waals surface area (Å²) in [6.07, 6.45) is -0.438. The Morgan fingerprint density at radius 3 is 2.25 bits per heavy atom. The van der Waals surface area contributed by atoms with Crippen LogP contribution in [0.3, 0.4) is 0 Å². The molecule has 0 aromatic heterocycles. The topological polar surface area (TPSA) is 61.3 Å². The van der Waals surface area contributed by atoms with E-state index in [2.05, 4.69) is 0 Å². The maximum Gasteiger partial charge on any atom is 0.124 e. The van der Waals surface area contributed by atoms with Gasteiger partial charge in [0.05, 0.1) is 6.04 Å². The minimum atomic E-state index is -0.438. The molecule has 0 bridgehead atoms. The van der Waals surface area contributed by atoms with Gasteiger partial charge in [-0.2, -0.15) is 0 Å². The fourth-order valence-corrected chi connectivity index (χ4v) is 1.01. The predicted molar refractivity (Wildman–Crippen MR) is 48.4 cm³/mol. The Bertz CT molecular complexity index is 225. The Kier molecular flexibility index (Phi) is 3.22. The van der Waals surface area contributed by atoms with Gasteiger partial charge in [0, 0.05) is 7.11 Å². The van der Waals surface area contributed by atoms with Gasteiger partial charge < -0.3 is 16.2 Å². The van der Waals surface area contributed by atoms with E-state index >= 15 is 0 Å². The van der Waals surface area contributed by atoms with Gasteiger partial charge in [-0.15, -0.1) is 0 Å². The number of hydrogen-bond acceptors (Lipinski definition) is 3. The second kappa shape index (κ2) is 4.21. The molecular formula is C9H14N2O. The van der Waals surface area contributed by atoms with Crippen LogP contribution in [0.1, 0.15) is 11.6 Å². The highest BCUT2D eigenvalue weighted by atomic mass is 16.5. The van der Waals surface area contributed by atoms with Crippen molar-refractivity contribution in [2.24, 2.45) is 11.5 Å². The predicted octanol–water partition coefficient (Wildman–Crippen LogP) is 0.618. The summed E-state index contributed by atoms with van der Waals surface area (Å²) in [7, 11) is 1.55. The zero-order valence-electron chi connectivity index (χ0n) is 7.10. The summed E-state index contributed by atoms with van der Waals surface area (Å²) >= 11 is 0. The second-order valence-electron chi connectivity index (χ2n) is 2.64. The number of methoxy groups -OCH3 is 1. The number of nitrogens with two attached hydrogens (primary N) is 2. The lowest BCUT2D eigenvalue weighted by atomic mass is 10.1. The molecule has 0 spiro atoms. The third-order valence-corrected chi connectivity index (χ3v) is 1.81. The Balaban J connectivity index is 2.71. The molecule has 0 saturated heterocycles. The van der Waals surface area contributed by atoms with E-state index in [9.17, 15) is 0 Å². The van der Waals surface area contributed by atoms with Gasteiger partial charge in [-0.25, -0.2) is 0 Å². The molecular weight excluding hydrogens is 152 g/mol. The van der Waals surface area contributed by atoms with Crippen molar-refractivity contribution < 1.29 is 4.74 Å². The maximum absolute atomic E-state index is 5.80. The van der Waals surface area contributed by atoms with Crippen LogP contribution in [0.25, 0.3) is 0 Å². The van der Waals surface area contributed by atoms with E-state index in [1.54, 1.807) is 7.11 Å². The number of benzene rings is 1. The van der Waals surface area contributed by atoms with Crippen molar-refractivity contribution >= 4 is 0 Å². The monoisotopic (exact) mass is 166 g/mol. The van der Waals surface area contributed by atoms with Crippen LogP contribution in [0.15, 0.2) is 30.3 Å². The molecule has 66 valence electrons. The lowest BCUT2D eigenvalue weighted by Gasteiger charge is -2.18. The van der Waals surface area contributed by atoms with Crippen LogP contribution in [0.4, 0.5) is 0 Å². The van der Waals surface area contributed by atoms with Crippen molar-refractivity contribution in [2.75, 3.05) is 7.11 Å². The number of ether oxygens (including phenoxy) is 1. The van der Waals surface area contributed by atoms with Gasteiger partial charge in [-0.3, -0.25) is 0 Å². The number of hydrogen-bond donors (Lipinski definition) is 2. The summed E-state index contributed by atoms with van der Waals surface area (Å²) in [5.74, 6) is 0. The van der Waals surface area contributed by atoms with Crippen LogP contribution in [0, 0.1) is 0 Å². The first kappa shape index (κ1) is 9.19. The Morgan fingerprint density at radius 1 is 1.17 bits per heavy atom. The largest absolute Gasteiger partial charge is 0.365 e. The van der Waals surface area contributed by atoms with E-state index in [1.807, 2.05) is 30.3 Å². The van der Waals surface area contributed by atoms with Crippen molar-refractivity contribution in [1.82, 2.24) is 0 Å². The molecule has 0 radical (unpaired) electrons. The molecule has 1 aromatic rings. The fraction of sp³-hybridized carbons (Fsp3) is 0.333. The van der Waals surface area contributed by atoms with Crippen molar-refractivity contribution in [3.8, 4) is 0 Å². The first-order valence-electron chi connectivity index (χ1n) is 3.84. The molecule has 4 N–H and O–H groups in total. The summed E-state index contributed by atoms with van der Waals surface area (Å²) in [5, 5.41) is 0. The SMILES string of the molecule is COC(N)C(N)c1ccccc1. The molecule has 0 aliphatic carbocycles. The first-order valence-corrected chi connectivity index (χ1v) is 3.84. The molecule has 1 aromatic carbocycles. The van der Waals surface area contributed by atoms with Gasteiger partial charge in [0.15, 0.2) is 0 Å². The normalized spacial score (nSPS) is 15.6. The smallest absolute Gasteiger partial charge is 0.124 e. The van der Waals surface area contributed by atoms with E-state index in [1.165, 1.54) is 0 Å². The Hall–Kier alpha value is -0.900. The summed E-state index contributed by atoms with van der Waals surface area (Å²) in [5.41, 5.74) is 12.4. The molecule has 0 saturated carbocycles.